The SMILES string of the molecule is Cc1ccc(Cn2nc(C)c(/C=C/C(=O)OCc3ccc(C(N)=O)cc3[N+](=O)[O-])c2Cl)cc1. The first-order chi connectivity index (χ1) is 15.7. The highest BCUT2D eigenvalue weighted by atomic mass is 35.5. The van der Waals surface area contributed by atoms with Gasteiger partial charge in [0, 0.05) is 23.3 Å². The second kappa shape index (κ2) is 10.1. The van der Waals surface area contributed by atoms with Crippen molar-refractivity contribution in [3.8, 4) is 0 Å². The summed E-state index contributed by atoms with van der Waals surface area (Å²) >= 11 is 6.45. The number of rotatable bonds is 8. The van der Waals surface area contributed by atoms with Crippen molar-refractivity contribution in [2.45, 2.75) is 27.0 Å². The lowest BCUT2D eigenvalue weighted by Gasteiger charge is -2.05. The van der Waals surface area contributed by atoms with E-state index in [0.717, 1.165) is 17.2 Å². The normalized spacial score (nSPS) is 11.0. The Morgan fingerprint density at radius 2 is 1.91 bits per heavy atom. The number of nitro groups is 1. The van der Waals surface area contributed by atoms with Gasteiger partial charge in [-0.05, 0) is 37.6 Å². The third-order valence-electron chi connectivity index (χ3n) is 4.88. The molecule has 0 aliphatic heterocycles. The number of aromatic nitrogens is 2. The number of halogens is 1. The van der Waals surface area contributed by atoms with Crippen LogP contribution >= 0.6 is 11.6 Å². The number of hydrogen-bond acceptors (Lipinski definition) is 6. The van der Waals surface area contributed by atoms with Crippen LogP contribution in [0.1, 0.15) is 38.3 Å². The van der Waals surface area contributed by atoms with Crippen LogP contribution in [0, 0.1) is 24.0 Å². The fraction of sp³-hybridized carbons (Fsp3) is 0.174. The molecule has 2 aromatic carbocycles. The number of amides is 1. The first-order valence-corrected chi connectivity index (χ1v) is 10.2. The lowest BCUT2D eigenvalue weighted by molar-refractivity contribution is -0.385. The van der Waals surface area contributed by atoms with Crippen molar-refractivity contribution >= 4 is 35.2 Å². The third-order valence-corrected chi connectivity index (χ3v) is 5.28. The molecule has 0 saturated heterocycles. The summed E-state index contributed by atoms with van der Waals surface area (Å²) in [6.45, 7) is 3.90. The Kier molecular flexibility index (Phi) is 7.24. The minimum atomic E-state index is -0.792. The van der Waals surface area contributed by atoms with Gasteiger partial charge in [-0.3, -0.25) is 14.9 Å². The zero-order valence-corrected chi connectivity index (χ0v) is 18.7. The number of ether oxygens (including phenoxy) is 1. The average Bonchev–Trinajstić information content (AvgIpc) is 3.04. The molecule has 9 nitrogen and oxygen atoms in total. The zero-order chi connectivity index (χ0) is 24.1. The van der Waals surface area contributed by atoms with E-state index in [4.69, 9.17) is 22.1 Å². The number of carbonyl (C=O) groups excluding carboxylic acids is 2. The molecule has 0 saturated carbocycles. The van der Waals surface area contributed by atoms with Gasteiger partial charge in [0.1, 0.15) is 11.8 Å². The standard InChI is InChI=1S/C23H21ClN4O5/c1-14-3-5-16(6-4-14)12-27-22(24)19(15(2)26-27)9-10-21(29)33-13-18-8-7-17(23(25)30)11-20(18)28(31)32/h3-11H,12-13H2,1-2H3,(H2,25,30)/b10-9+. The maximum Gasteiger partial charge on any atom is 0.331 e. The molecule has 2 N–H and O–H groups in total. The molecule has 0 fully saturated rings. The van der Waals surface area contributed by atoms with Crippen LogP contribution in [0.2, 0.25) is 5.15 Å². The largest absolute Gasteiger partial charge is 0.457 e. The molecule has 3 aromatic rings. The molecule has 3 rings (SSSR count). The van der Waals surface area contributed by atoms with E-state index in [2.05, 4.69) is 5.10 Å². The molecule has 1 amide bonds. The Balaban J connectivity index is 1.69. The van der Waals surface area contributed by atoms with Gasteiger partial charge in [0.2, 0.25) is 5.91 Å². The van der Waals surface area contributed by atoms with Crippen LogP contribution in [0.25, 0.3) is 6.08 Å². The van der Waals surface area contributed by atoms with Crippen molar-refractivity contribution in [2.24, 2.45) is 5.73 Å². The first-order valence-electron chi connectivity index (χ1n) is 9.86. The molecule has 0 spiro atoms. The van der Waals surface area contributed by atoms with E-state index in [1.165, 1.54) is 24.3 Å². The van der Waals surface area contributed by atoms with E-state index < -0.39 is 16.8 Å². The lowest BCUT2D eigenvalue weighted by atomic mass is 10.1. The number of nitro benzene ring substituents is 1. The van der Waals surface area contributed by atoms with Gasteiger partial charge in [-0.2, -0.15) is 5.10 Å². The topological polar surface area (TPSA) is 130 Å². The van der Waals surface area contributed by atoms with Gasteiger partial charge < -0.3 is 10.5 Å². The fourth-order valence-electron chi connectivity index (χ4n) is 3.09. The summed E-state index contributed by atoms with van der Waals surface area (Å²) in [7, 11) is 0. The zero-order valence-electron chi connectivity index (χ0n) is 17.9. The van der Waals surface area contributed by atoms with Crippen LogP contribution < -0.4 is 5.73 Å². The monoisotopic (exact) mass is 468 g/mol. The highest BCUT2D eigenvalue weighted by Gasteiger charge is 2.18. The second-order valence-electron chi connectivity index (χ2n) is 7.34. The number of carbonyl (C=O) groups is 2. The number of primary amides is 1. The third kappa shape index (κ3) is 5.83. The second-order valence-corrected chi connectivity index (χ2v) is 7.70. The van der Waals surface area contributed by atoms with Gasteiger partial charge in [-0.25, -0.2) is 9.48 Å². The average molecular weight is 469 g/mol. The summed E-state index contributed by atoms with van der Waals surface area (Å²) in [4.78, 5) is 34.0. The molecule has 0 aliphatic rings. The van der Waals surface area contributed by atoms with E-state index in [1.807, 2.05) is 31.2 Å². The molecule has 1 heterocycles. The van der Waals surface area contributed by atoms with Crippen LogP contribution in [0.15, 0.2) is 48.5 Å². The molecule has 1 aromatic heterocycles. The molecule has 10 heteroatoms. The van der Waals surface area contributed by atoms with Crippen molar-refractivity contribution in [3.05, 3.63) is 97.3 Å². The number of esters is 1. The summed E-state index contributed by atoms with van der Waals surface area (Å²) in [5.41, 5.74) is 8.29. The minimum Gasteiger partial charge on any atom is -0.457 e. The van der Waals surface area contributed by atoms with Crippen LogP contribution in [0.5, 0.6) is 0 Å². The molecule has 0 atom stereocenters. The molecule has 0 unspecified atom stereocenters. The van der Waals surface area contributed by atoms with Crippen molar-refractivity contribution in [3.63, 3.8) is 0 Å². The summed E-state index contributed by atoms with van der Waals surface area (Å²) in [5.74, 6) is -1.51. The van der Waals surface area contributed by atoms with Gasteiger partial charge >= 0.3 is 5.97 Å². The van der Waals surface area contributed by atoms with Gasteiger partial charge in [-0.1, -0.05) is 41.4 Å². The quantitative estimate of drug-likeness (QED) is 0.230. The van der Waals surface area contributed by atoms with Gasteiger partial charge in [0.25, 0.3) is 5.69 Å². The molecule has 0 aliphatic carbocycles. The number of hydrogen-bond donors (Lipinski definition) is 1. The summed E-state index contributed by atoms with van der Waals surface area (Å²) in [5, 5.41) is 16.0. The van der Waals surface area contributed by atoms with Crippen molar-refractivity contribution < 1.29 is 19.2 Å². The van der Waals surface area contributed by atoms with Crippen LogP contribution in [-0.2, 0) is 22.7 Å². The van der Waals surface area contributed by atoms with Gasteiger partial charge in [0.05, 0.1) is 22.7 Å². The number of nitrogens with two attached hydrogens (primary N) is 1. The highest BCUT2D eigenvalue weighted by Crippen LogP contribution is 2.23. The van der Waals surface area contributed by atoms with Crippen LogP contribution in [0.4, 0.5) is 5.69 Å². The smallest absolute Gasteiger partial charge is 0.331 e. The summed E-state index contributed by atoms with van der Waals surface area (Å²) in [6.07, 6.45) is 2.67. The molecular formula is C23H21ClN4O5. The Hall–Kier alpha value is -3.98. The Morgan fingerprint density at radius 1 is 1.21 bits per heavy atom. The Labute approximate surface area is 194 Å². The highest BCUT2D eigenvalue weighted by molar-refractivity contribution is 6.31. The van der Waals surface area contributed by atoms with E-state index >= 15 is 0 Å². The lowest BCUT2D eigenvalue weighted by Crippen LogP contribution is -2.12. The van der Waals surface area contributed by atoms with Gasteiger partial charge in [0.15, 0.2) is 0 Å². The number of benzene rings is 2. The maximum absolute atomic E-state index is 12.2. The predicted molar refractivity (Wildman–Crippen MR) is 123 cm³/mol. The molecule has 33 heavy (non-hydrogen) atoms. The van der Waals surface area contributed by atoms with Crippen LogP contribution in [0.3, 0.4) is 0 Å². The summed E-state index contributed by atoms with van der Waals surface area (Å²) < 4.78 is 6.75. The number of nitrogens with zero attached hydrogens (tertiary/aromatic N) is 3. The molecule has 0 radical (unpaired) electrons. The van der Waals surface area contributed by atoms with Crippen molar-refractivity contribution in [1.29, 1.82) is 0 Å². The van der Waals surface area contributed by atoms with E-state index in [9.17, 15) is 19.7 Å². The van der Waals surface area contributed by atoms with E-state index in [-0.39, 0.29) is 23.4 Å². The summed E-state index contributed by atoms with van der Waals surface area (Å²) in [6, 6.07) is 11.7. The minimum absolute atomic E-state index is 0.00978. The molecule has 0 bridgehead atoms. The first kappa shape index (κ1) is 23.7. The van der Waals surface area contributed by atoms with E-state index in [0.29, 0.717) is 23.0 Å². The Bertz CT molecular complexity index is 1250. The number of aryl methyl sites for hydroxylation is 2. The van der Waals surface area contributed by atoms with Crippen molar-refractivity contribution in [2.75, 3.05) is 0 Å². The van der Waals surface area contributed by atoms with Gasteiger partial charge in [-0.15, -0.1) is 0 Å². The molecule has 170 valence electrons. The fourth-order valence-corrected chi connectivity index (χ4v) is 3.38. The maximum atomic E-state index is 12.2. The Morgan fingerprint density at radius 3 is 2.55 bits per heavy atom. The van der Waals surface area contributed by atoms with Crippen LogP contribution in [-0.4, -0.2) is 26.6 Å². The predicted octanol–water partition coefficient (Wildman–Crippen LogP) is 3.97. The molecular weight excluding hydrogens is 448 g/mol. The van der Waals surface area contributed by atoms with Crippen molar-refractivity contribution in [1.82, 2.24) is 9.78 Å². The van der Waals surface area contributed by atoms with E-state index in [1.54, 1.807) is 11.6 Å².